The summed E-state index contributed by atoms with van der Waals surface area (Å²) in [5.74, 6) is -1.42. The van der Waals surface area contributed by atoms with Crippen LogP contribution in [0.3, 0.4) is 0 Å². The summed E-state index contributed by atoms with van der Waals surface area (Å²) in [5, 5.41) is 12.9. The van der Waals surface area contributed by atoms with E-state index >= 15 is 0 Å². The standard InChI is InChI=1S/C23H30Cl2N4O6S/c1-5-35-22(33)20-19(21(32)26-11(2)10-30)28-23(36-20)29-7-6-13(15(9-29)34-4)8-14(31)18-17(25)16(24)12(3)27-18/h11,13,15,27,30H,5-10H2,1-4H3,(H,26,32)/t11-,13-,15-/m0/s1. The second kappa shape index (κ2) is 12.4. The highest BCUT2D eigenvalue weighted by atomic mass is 35.5. The molecule has 2 aromatic heterocycles. The van der Waals surface area contributed by atoms with Crippen LogP contribution in [0, 0.1) is 12.8 Å². The van der Waals surface area contributed by atoms with Crippen molar-refractivity contribution < 1.29 is 29.0 Å². The highest BCUT2D eigenvalue weighted by Crippen LogP contribution is 2.35. The van der Waals surface area contributed by atoms with E-state index in [1.165, 1.54) is 0 Å². The predicted molar refractivity (Wildman–Crippen MR) is 138 cm³/mol. The molecule has 0 saturated carbocycles. The van der Waals surface area contributed by atoms with Crippen LogP contribution in [0.4, 0.5) is 5.13 Å². The number of aromatic amines is 1. The van der Waals surface area contributed by atoms with Gasteiger partial charge in [-0.2, -0.15) is 0 Å². The molecule has 0 bridgehead atoms. The number of carbonyl (C=O) groups is 3. The number of anilines is 1. The lowest BCUT2D eigenvalue weighted by Gasteiger charge is -2.37. The summed E-state index contributed by atoms with van der Waals surface area (Å²) >= 11 is 13.4. The minimum atomic E-state index is -0.636. The van der Waals surface area contributed by atoms with Gasteiger partial charge in [-0.3, -0.25) is 9.59 Å². The topological polar surface area (TPSA) is 134 Å². The smallest absolute Gasteiger partial charge is 0.350 e. The van der Waals surface area contributed by atoms with Crippen molar-refractivity contribution >= 4 is 57.3 Å². The fourth-order valence-corrected chi connectivity index (χ4v) is 5.44. The first kappa shape index (κ1) is 28.4. The number of amides is 1. The number of carbonyl (C=O) groups excluding carboxylic acids is 3. The second-order valence-electron chi connectivity index (χ2n) is 8.60. The SMILES string of the molecule is CCOC(=O)c1sc(N2CC[C@@H](CC(=O)c3[nH]c(C)c(Cl)c3Cl)[C@@H](OC)C2)nc1C(=O)N[C@@H](C)CO. The number of aromatic nitrogens is 2. The molecule has 3 atom stereocenters. The first-order chi connectivity index (χ1) is 17.1. The van der Waals surface area contributed by atoms with Crippen LogP contribution >= 0.6 is 34.5 Å². The van der Waals surface area contributed by atoms with E-state index in [1.807, 2.05) is 4.90 Å². The minimum Gasteiger partial charge on any atom is -0.462 e. The average Bonchev–Trinajstić information content (AvgIpc) is 3.42. The van der Waals surface area contributed by atoms with Crippen LogP contribution in [-0.2, 0) is 9.47 Å². The number of ketones is 1. The maximum absolute atomic E-state index is 12.9. The van der Waals surface area contributed by atoms with Crippen LogP contribution in [0.5, 0.6) is 0 Å². The normalized spacial score (nSPS) is 18.7. The Bertz CT molecular complexity index is 1120. The Kier molecular flexibility index (Phi) is 9.76. The third kappa shape index (κ3) is 6.20. The number of aliphatic hydroxyl groups is 1. The monoisotopic (exact) mass is 560 g/mol. The van der Waals surface area contributed by atoms with E-state index in [2.05, 4.69) is 15.3 Å². The molecule has 2 aromatic rings. The molecule has 1 saturated heterocycles. The summed E-state index contributed by atoms with van der Waals surface area (Å²) in [6, 6.07) is -0.504. The molecule has 0 unspecified atom stereocenters. The van der Waals surface area contributed by atoms with Crippen LogP contribution in [0.1, 0.15) is 63.0 Å². The van der Waals surface area contributed by atoms with Crippen molar-refractivity contribution in [1.29, 1.82) is 0 Å². The molecule has 1 aliphatic heterocycles. The van der Waals surface area contributed by atoms with Crippen LogP contribution in [0.15, 0.2) is 0 Å². The van der Waals surface area contributed by atoms with Gasteiger partial charge < -0.3 is 29.8 Å². The zero-order valence-electron chi connectivity index (χ0n) is 20.5. The second-order valence-corrected chi connectivity index (χ2v) is 10.3. The van der Waals surface area contributed by atoms with E-state index in [9.17, 15) is 19.5 Å². The fraction of sp³-hybridized carbons (Fsp3) is 0.565. The Morgan fingerprint density at radius 2 is 2.06 bits per heavy atom. The number of esters is 1. The molecule has 198 valence electrons. The Labute approximate surface area is 223 Å². The lowest BCUT2D eigenvalue weighted by molar-refractivity contribution is 0.0375. The number of hydrogen-bond donors (Lipinski definition) is 3. The maximum atomic E-state index is 12.9. The molecular weight excluding hydrogens is 531 g/mol. The molecule has 0 aromatic carbocycles. The number of nitrogens with zero attached hydrogens (tertiary/aromatic N) is 2. The first-order valence-corrected chi connectivity index (χ1v) is 13.1. The Hall–Kier alpha value is -2.18. The van der Waals surface area contributed by atoms with E-state index in [4.69, 9.17) is 32.7 Å². The van der Waals surface area contributed by atoms with Gasteiger partial charge in [-0.1, -0.05) is 34.5 Å². The van der Waals surface area contributed by atoms with Crippen molar-refractivity contribution in [3.63, 3.8) is 0 Å². The molecule has 36 heavy (non-hydrogen) atoms. The highest BCUT2D eigenvalue weighted by Gasteiger charge is 2.35. The number of aryl methyl sites for hydroxylation is 1. The summed E-state index contributed by atoms with van der Waals surface area (Å²) in [4.78, 5) is 47.6. The van der Waals surface area contributed by atoms with Gasteiger partial charge in [-0.15, -0.1) is 0 Å². The number of nitrogens with one attached hydrogen (secondary N) is 2. The first-order valence-electron chi connectivity index (χ1n) is 11.5. The van der Waals surface area contributed by atoms with Crippen LogP contribution in [-0.4, -0.2) is 78.3 Å². The number of ether oxygens (including phenoxy) is 2. The van der Waals surface area contributed by atoms with Crippen molar-refractivity contribution in [1.82, 2.24) is 15.3 Å². The molecule has 13 heteroatoms. The summed E-state index contributed by atoms with van der Waals surface area (Å²) in [6.45, 7) is 5.92. The molecule has 3 heterocycles. The molecule has 3 N–H and O–H groups in total. The quantitative estimate of drug-likeness (QED) is 0.297. The van der Waals surface area contributed by atoms with Crippen molar-refractivity contribution in [2.75, 3.05) is 38.3 Å². The number of aliphatic hydroxyl groups excluding tert-OH is 1. The largest absolute Gasteiger partial charge is 0.462 e. The summed E-state index contributed by atoms with van der Waals surface area (Å²) in [5.41, 5.74) is 0.884. The van der Waals surface area contributed by atoms with Gasteiger partial charge in [0.1, 0.15) is 10.6 Å². The van der Waals surface area contributed by atoms with Gasteiger partial charge in [0, 0.05) is 38.4 Å². The molecule has 1 fully saturated rings. The number of methoxy groups -OCH3 is 1. The Morgan fingerprint density at radius 3 is 2.64 bits per heavy atom. The molecule has 0 aliphatic carbocycles. The minimum absolute atomic E-state index is 0.0475. The van der Waals surface area contributed by atoms with Gasteiger partial charge in [0.15, 0.2) is 16.6 Å². The van der Waals surface area contributed by atoms with E-state index in [1.54, 1.807) is 27.9 Å². The molecule has 10 nitrogen and oxygen atoms in total. The molecule has 1 aliphatic rings. The van der Waals surface area contributed by atoms with Crippen molar-refractivity contribution in [2.45, 2.75) is 45.8 Å². The number of thiazole rings is 1. The number of rotatable bonds is 10. The van der Waals surface area contributed by atoms with Gasteiger partial charge in [0.05, 0.1) is 29.4 Å². The highest BCUT2D eigenvalue weighted by molar-refractivity contribution is 7.17. The van der Waals surface area contributed by atoms with Crippen LogP contribution in [0.25, 0.3) is 0 Å². The number of piperidine rings is 1. The van der Waals surface area contributed by atoms with Gasteiger partial charge in [0.2, 0.25) is 0 Å². The predicted octanol–water partition coefficient (Wildman–Crippen LogP) is 3.49. The number of Topliss-reactive ketones (excluding diaryl/α,β-unsaturated/α-hetero) is 1. The fourth-order valence-electron chi connectivity index (χ4n) is 4.01. The Balaban J connectivity index is 1.78. The number of H-pyrrole nitrogens is 1. The van der Waals surface area contributed by atoms with Crippen LogP contribution < -0.4 is 10.2 Å². The molecule has 0 spiro atoms. The zero-order valence-corrected chi connectivity index (χ0v) is 22.9. The zero-order chi connectivity index (χ0) is 26.6. The van der Waals surface area contributed by atoms with Crippen molar-refractivity contribution in [2.24, 2.45) is 5.92 Å². The summed E-state index contributed by atoms with van der Waals surface area (Å²) < 4.78 is 10.8. The summed E-state index contributed by atoms with van der Waals surface area (Å²) in [6.07, 6.45) is 0.544. The van der Waals surface area contributed by atoms with Crippen molar-refractivity contribution in [3.05, 3.63) is 32.0 Å². The maximum Gasteiger partial charge on any atom is 0.350 e. The van der Waals surface area contributed by atoms with E-state index < -0.39 is 17.9 Å². The molecule has 3 rings (SSSR count). The molecular formula is C23H30Cl2N4O6S. The lowest BCUT2D eigenvalue weighted by Crippen LogP contribution is -2.45. The van der Waals surface area contributed by atoms with E-state index in [0.717, 1.165) is 11.3 Å². The lowest BCUT2D eigenvalue weighted by atomic mass is 9.88. The third-order valence-corrected chi connectivity index (χ3v) is 8.04. The Morgan fingerprint density at radius 1 is 1.33 bits per heavy atom. The molecule has 1 amide bonds. The summed E-state index contributed by atoms with van der Waals surface area (Å²) in [7, 11) is 1.58. The number of halogens is 2. The van der Waals surface area contributed by atoms with Gasteiger partial charge in [-0.05, 0) is 33.1 Å². The van der Waals surface area contributed by atoms with E-state index in [-0.39, 0.29) is 53.0 Å². The van der Waals surface area contributed by atoms with Gasteiger partial charge in [0.25, 0.3) is 5.91 Å². The third-order valence-electron chi connectivity index (χ3n) is 5.99. The number of hydrogen-bond acceptors (Lipinski definition) is 9. The average molecular weight is 561 g/mol. The van der Waals surface area contributed by atoms with Gasteiger partial charge >= 0.3 is 5.97 Å². The van der Waals surface area contributed by atoms with Gasteiger partial charge in [-0.25, -0.2) is 9.78 Å². The van der Waals surface area contributed by atoms with Crippen molar-refractivity contribution in [3.8, 4) is 0 Å². The van der Waals surface area contributed by atoms with Crippen LogP contribution in [0.2, 0.25) is 10.0 Å². The van der Waals surface area contributed by atoms with E-state index in [0.29, 0.717) is 41.1 Å². The molecule has 0 radical (unpaired) electrons.